The summed E-state index contributed by atoms with van der Waals surface area (Å²) in [5.74, 6) is 0.688. The first-order valence-corrected chi connectivity index (χ1v) is 12.6. The van der Waals surface area contributed by atoms with E-state index in [1.165, 1.54) is 5.56 Å². The van der Waals surface area contributed by atoms with Gasteiger partial charge in [-0.05, 0) is 70.4 Å². The van der Waals surface area contributed by atoms with Crippen LogP contribution in [0.2, 0.25) is 0 Å². The van der Waals surface area contributed by atoms with Crippen LogP contribution >= 0.6 is 15.9 Å². The van der Waals surface area contributed by atoms with Crippen molar-refractivity contribution in [2.24, 2.45) is 0 Å². The maximum atomic E-state index is 13.4. The van der Waals surface area contributed by atoms with Gasteiger partial charge in [0, 0.05) is 13.1 Å². The molecule has 33 heavy (non-hydrogen) atoms. The molecule has 1 unspecified atom stereocenters. The van der Waals surface area contributed by atoms with Crippen LogP contribution in [0.25, 0.3) is 0 Å². The molecule has 0 saturated heterocycles. The van der Waals surface area contributed by atoms with E-state index in [1.54, 1.807) is 4.90 Å². The van der Waals surface area contributed by atoms with Crippen molar-refractivity contribution in [3.8, 4) is 5.75 Å². The standard InChI is InChI=1S/C27H37BrN2O3/c1-6-8-15-29-27(32)24(7-2)30(17-22-12-10-9-11-20(22)5)26(31)18-33-25-14-13-21(19(3)4)16-23(25)28/h9-14,16,19,24H,6-8,15,17-18H2,1-5H3,(H,29,32). The van der Waals surface area contributed by atoms with Crippen molar-refractivity contribution in [1.29, 1.82) is 0 Å². The highest BCUT2D eigenvalue weighted by atomic mass is 79.9. The first-order chi connectivity index (χ1) is 15.8. The van der Waals surface area contributed by atoms with Gasteiger partial charge in [-0.3, -0.25) is 9.59 Å². The molecule has 1 atom stereocenters. The molecule has 0 fully saturated rings. The van der Waals surface area contributed by atoms with E-state index >= 15 is 0 Å². The number of halogens is 1. The number of hydrogen-bond donors (Lipinski definition) is 1. The van der Waals surface area contributed by atoms with Gasteiger partial charge in [0.15, 0.2) is 6.61 Å². The molecule has 180 valence electrons. The van der Waals surface area contributed by atoms with E-state index < -0.39 is 6.04 Å². The molecule has 0 aromatic heterocycles. The molecule has 0 aliphatic rings. The van der Waals surface area contributed by atoms with Gasteiger partial charge in [0.25, 0.3) is 5.91 Å². The number of nitrogens with one attached hydrogen (secondary N) is 1. The zero-order valence-corrected chi connectivity index (χ0v) is 22.1. The molecule has 0 radical (unpaired) electrons. The summed E-state index contributed by atoms with van der Waals surface area (Å²) in [5, 5.41) is 2.99. The predicted octanol–water partition coefficient (Wildman–Crippen LogP) is 5.98. The Morgan fingerprint density at radius 1 is 1.12 bits per heavy atom. The Balaban J connectivity index is 2.21. The van der Waals surface area contributed by atoms with Crippen LogP contribution in [0, 0.1) is 6.92 Å². The lowest BCUT2D eigenvalue weighted by Crippen LogP contribution is -2.50. The number of aryl methyl sites for hydroxylation is 1. The van der Waals surface area contributed by atoms with Crippen molar-refractivity contribution in [2.75, 3.05) is 13.2 Å². The fourth-order valence-electron chi connectivity index (χ4n) is 3.61. The topological polar surface area (TPSA) is 58.6 Å². The molecule has 0 aliphatic carbocycles. The largest absolute Gasteiger partial charge is 0.483 e. The maximum Gasteiger partial charge on any atom is 0.261 e. The van der Waals surface area contributed by atoms with Gasteiger partial charge >= 0.3 is 0 Å². The number of ether oxygens (including phenoxy) is 1. The number of carbonyl (C=O) groups excluding carboxylic acids is 2. The first kappa shape index (κ1) is 26.9. The van der Waals surface area contributed by atoms with Gasteiger partial charge in [0.05, 0.1) is 4.47 Å². The van der Waals surface area contributed by atoms with E-state index in [2.05, 4.69) is 42.0 Å². The van der Waals surface area contributed by atoms with E-state index in [4.69, 9.17) is 4.74 Å². The van der Waals surface area contributed by atoms with E-state index in [9.17, 15) is 9.59 Å². The molecule has 6 heteroatoms. The zero-order valence-electron chi connectivity index (χ0n) is 20.5. The zero-order chi connectivity index (χ0) is 24.4. The quantitative estimate of drug-likeness (QED) is 0.352. The van der Waals surface area contributed by atoms with Gasteiger partial charge in [-0.1, -0.05) is 64.4 Å². The van der Waals surface area contributed by atoms with Crippen molar-refractivity contribution in [2.45, 2.75) is 72.4 Å². The summed E-state index contributed by atoms with van der Waals surface area (Å²) in [6.07, 6.45) is 2.45. The Morgan fingerprint density at radius 2 is 1.85 bits per heavy atom. The molecule has 2 aromatic carbocycles. The van der Waals surface area contributed by atoms with Crippen molar-refractivity contribution in [3.05, 3.63) is 63.6 Å². The molecule has 5 nitrogen and oxygen atoms in total. The number of amides is 2. The molecule has 2 amide bonds. The monoisotopic (exact) mass is 516 g/mol. The number of hydrogen-bond acceptors (Lipinski definition) is 3. The fraction of sp³-hybridized carbons (Fsp3) is 0.481. The summed E-state index contributed by atoms with van der Waals surface area (Å²) >= 11 is 3.55. The van der Waals surface area contributed by atoms with E-state index in [-0.39, 0.29) is 18.4 Å². The average Bonchev–Trinajstić information content (AvgIpc) is 2.79. The fourth-order valence-corrected chi connectivity index (χ4v) is 4.12. The number of carbonyl (C=O) groups is 2. The van der Waals surface area contributed by atoms with Crippen LogP contribution < -0.4 is 10.1 Å². The highest BCUT2D eigenvalue weighted by Crippen LogP contribution is 2.29. The summed E-state index contributed by atoms with van der Waals surface area (Å²) < 4.78 is 6.70. The highest BCUT2D eigenvalue weighted by Gasteiger charge is 2.29. The second-order valence-corrected chi connectivity index (χ2v) is 9.50. The Hall–Kier alpha value is -2.34. The van der Waals surface area contributed by atoms with Crippen LogP contribution in [-0.4, -0.2) is 35.9 Å². The molecular weight excluding hydrogens is 480 g/mol. The number of unbranched alkanes of at least 4 members (excludes halogenated alkanes) is 1. The maximum absolute atomic E-state index is 13.4. The molecule has 0 spiro atoms. The molecule has 1 N–H and O–H groups in total. The first-order valence-electron chi connectivity index (χ1n) is 11.8. The lowest BCUT2D eigenvalue weighted by molar-refractivity contribution is -0.143. The Morgan fingerprint density at radius 3 is 2.45 bits per heavy atom. The second-order valence-electron chi connectivity index (χ2n) is 8.65. The van der Waals surface area contributed by atoms with Crippen molar-refractivity contribution >= 4 is 27.7 Å². The van der Waals surface area contributed by atoms with Crippen LogP contribution in [0.5, 0.6) is 5.75 Å². The molecule has 0 bridgehead atoms. The third-order valence-electron chi connectivity index (χ3n) is 5.79. The molecule has 2 aromatic rings. The van der Waals surface area contributed by atoms with Crippen LogP contribution in [-0.2, 0) is 16.1 Å². The van der Waals surface area contributed by atoms with Gasteiger partial charge in [-0.25, -0.2) is 0 Å². The average molecular weight is 518 g/mol. The van der Waals surface area contributed by atoms with Gasteiger partial charge < -0.3 is 15.0 Å². The van der Waals surface area contributed by atoms with Crippen molar-refractivity contribution in [3.63, 3.8) is 0 Å². The Labute approximate surface area is 207 Å². The minimum absolute atomic E-state index is 0.115. The van der Waals surface area contributed by atoms with Gasteiger partial charge in [-0.2, -0.15) is 0 Å². The Bertz CT molecular complexity index is 929. The summed E-state index contributed by atoms with van der Waals surface area (Å²) in [6.45, 7) is 11.1. The Kier molecular flexibility index (Phi) is 10.9. The van der Waals surface area contributed by atoms with Crippen LogP contribution in [0.4, 0.5) is 0 Å². The SMILES string of the molecule is CCCCNC(=O)C(CC)N(Cc1ccccc1C)C(=O)COc1ccc(C(C)C)cc1Br. The van der Waals surface area contributed by atoms with Gasteiger partial charge in [-0.15, -0.1) is 0 Å². The lowest BCUT2D eigenvalue weighted by atomic mass is 10.0. The van der Waals surface area contributed by atoms with Gasteiger partial charge in [0.1, 0.15) is 11.8 Å². The number of benzene rings is 2. The molecule has 0 heterocycles. The third kappa shape index (κ3) is 7.88. The lowest BCUT2D eigenvalue weighted by Gasteiger charge is -2.31. The smallest absolute Gasteiger partial charge is 0.261 e. The predicted molar refractivity (Wildman–Crippen MR) is 137 cm³/mol. The normalized spacial score (nSPS) is 11.8. The van der Waals surface area contributed by atoms with Gasteiger partial charge in [0.2, 0.25) is 5.91 Å². The number of rotatable bonds is 12. The highest BCUT2D eigenvalue weighted by molar-refractivity contribution is 9.10. The third-order valence-corrected chi connectivity index (χ3v) is 6.41. The number of nitrogens with zero attached hydrogens (tertiary/aromatic N) is 1. The summed E-state index contributed by atoms with van der Waals surface area (Å²) in [5.41, 5.74) is 3.30. The van der Waals surface area contributed by atoms with E-state index in [1.807, 2.05) is 56.3 Å². The second kappa shape index (κ2) is 13.4. The molecule has 0 aliphatic heterocycles. The minimum atomic E-state index is -0.552. The van der Waals surface area contributed by atoms with Crippen molar-refractivity contribution < 1.29 is 14.3 Å². The van der Waals surface area contributed by atoms with Crippen LogP contribution in [0.15, 0.2) is 46.9 Å². The van der Waals surface area contributed by atoms with Crippen LogP contribution in [0.1, 0.15) is 69.6 Å². The summed E-state index contributed by atoms with van der Waals surface area (Å²) in [4.78, 5) is 28.0. The van der Waals surface area contributed by atoms with E-state index in [0.717, 1.165) is 28.4 Å². The van der Waals surface area contributed by atoms with Crippen LogP contribution in [0.3, 0.4) is 0 Å². The summed E-state index contributed by atoms with van der Waals surface area (Å²) in [7, 11) is 0. The molecule has 2 rings (SSSR count). The molecule has 0 saturated carbocycles. The van der Waals surface area contributed by atoms with E-state index in [0.29, 0.717) is 31.2 Å². The molecular formula is C27H37BrN2O3. The van der Waals surface area contributed by atoms with Crippen molar-refractivity contribution in [1.82, 2.24) is 10.2 Å². The summed E-state index contributed by atoms with van der Waals surface area (Å²) in [6, 6.07) is 13.3. The minimum Gasteiger partial charge on any atom is -0.483 e.